The molecule has 0 radical (unpaired) electrons. The normalized spacial score (nSPS) is 14.4. The minimum atomic E-state index is -0.888. The first-order valence-electron chi connectivity index (χ1n) is 9.94. The van der Waals surface area contributed by atoms with Crippen molar-refractivity contribution in [2.45, 2.75) is 5.92 Å². The summed E-state index contributed by atoms with van der Waals surface area (Å²) in [5.74, 6) is -0.693. The number of nitrogens with zero attached hydrogens (tertiary/aromatic N) is 2. The molecule has 1 aliphatic rings. The predicted octanol–water partition coefficient (Wildman–Crippen LogP) is 5.46. The van der Waals surface area contributed by atoms with E-state index >= 15 is 0 Å². The summed E-state index contributed by atoms with van der Waals surface area (Å²) in [5.41, 5.74) is 7.07. The van der Waals surface area contributed by atoms with E-state index in [-0.39, 0.29) is 39.2 Å². The fourth-order valence-corrected chi connectivity index (χ4v) is 4.27. The number of non-ortho nitro benzene ring substituents is 1. The molecule has 0 saturated heterocycles. The van der Waals surface area contributed by atoms with Crippen LogP contribution in [-0.4, -0.2) is 18.0 Å². The maximum absolute atomic E-state index is 12.7. The Hall–Kier alpha value is -4.07. The maximum Gasteiger partial charge on any atom is 0.345 e. The van der Waals surface area contributed by atoms with E-state index < -0.39 is 16.8 Å². The fraction of sp³-hybridized carbons (Fsp3) is 0.0833. The highest BCUT2D eigenvalue weighted by molar-refractivity contribution is 9.10. The summed E-state index contributed by atoms with van der Waals surface area (Å²) in [4.78, 5) is 23.1. The zero-order chi connectivity index (χ0) is 25.3. The van der Waals surface area contributed by atoms with Crippen molar-refractivity contribution in [3.05, 3.63) is 102 Å². The molecular weight excluding hydrogens is 542 g/mol. The molecule has 0 amide bonds. The number of allylic oxidation sites excluding steroid dienone is 1. The fourth-order valence-electron chi connectivity index (χ4n) is 3.70. The lowest BCUT2D eigenvalue weighted by molar-refractivity contribution is -0.384. The first-order chi connectivity index (χ1) is 16.7. The van der Waals surface area contributed by atoms with Crippen molar-refractivity contribution >= 4 is 39.2 Å². The van der Waals surface area contributed by atoms with Crippen LogP contribution in [0.4, 0.5) is 5.69 Å². The highest BCUT2D eigenvalue weighted by Gasteiger charge is 2.33. The number of esters is 1. The van der Waals surface area contributed by atoms with Gasteiger partial charge in [-0.15, -0.1) is 0 Å². The molecule has 35 heavy (non-hydrogen) atoms. The first kappa shape index (κ1) is 24.1. The zero-order valence-electron chi connectivity index (χ0n) is 18.0. The summed E-state index contributed by atoms with van der Waals surface area (Å²) in [6, 6.07) is 15.6. The van der Waals surface area contributed by atoms with Crippen LogP contribution < -0.4 is 19.9 Å². The predicted molar refractivity (Wildman–Crippen MR) is 129 cm³/mol. The van der Waals surface area contributed by atoms with Gasteiger partial charge in [-0.1, -0.05) is 33.6 Å². The smallest absolute Gasteiger partial charge is 0.345 e. The van der Waals surface area contributed by atoms with Gasteiger partial charge in [-0.25, -0.2) is 4.79 Å². The zero-order valence-corrected chi connectivity index (χ0v) is 20.3. The molecule has 9 nitrogen and oxygen atoms in total. The van der Waals surface area contributed by atoms with Crippen LogP contribution in [0.15, 0.2) is 70.5 Å². The first-order valence-corrected chi connectivity index (χ1v) is 11.1. The van der Waals surface area contributed by atoms with Crippen LogP contribution >= 0.6 is 27.5 Å². The van der Waals surface area contributed by atoms with Gasteiger partial charge < -0.3 is 19.9 Å². The molecule has 1 unspecified atom stereocenters. The summed E-state index contributed by atoms with van der Waals surface area (Å²) >= 11 is 9.48. The monoisotopic (exact) mass is 555 g/mol. The van der Waals surface area contributed by atoms with Crippen LogP contribution in [0.1, 0.15) is 27.4 Å². The number of nitro groups is 1. The maximum atomic E-state index is 12.7. The van der Waals surface area contributed by atoms with E-state index in [0.717, 1.165) is 10.5 Å². The lowest BCUT2D eigenvalue weighted by atomic mass is 9.83. The Labute approximate surface area is 212 Å². The van der Waals surface area contributed by atoms with Crippen LogP contribution in [0.2, 0.25) is 5.02 Å². The van der Waals surface area contributed by atoms with Crippen LogP contribution in [-0.2, 0) is 0 Å². The van der Waals surface area contributed by atoms with E-state index in [2.05, 4.69) is 22.0 Å². The molecule has 0 bridgehead atoms. The van der Waals surface area contributed by atoms with Crippen LogP contribution in [0.25, 0.3) is 0 Å². The third kappa shape index (κ3) is 4.64. The number of hydrogen-bond donors (Lipinski definition) is 1. The topological polar surface area (TPSA) is 138 Å². The summed E-state index contributed by atoms with van der Waals surface area (Å²) in [5, 5.41) is 20.8. The number of nitriles is 1. The van der Waals surface area contributed by atoms with Crippen molar-refractivity contribution in [1.29, 1.82) is 5.26 Å². The third-order valence-corrected chi connectivity index (χ3v) is 6.11. The Kier molecular flexibility index (Phi) is 6.64. The Balaban J connectivity index is 1.73. The standard InChI is InChI=1S/C24H15BrClN3O6/c1-33-20-7-2-12(25)8-17(20)22-15-5-4-14(10-21(15)35-23(28)18(22)11-27)34-24(30)16-9-13(29(31)32)3-6-19(16)26/h2-10,22H,28H2,1H3. The van der Waals surface area contributed by atoms with Crippen LogP contribution in [0.3, 0.4) is 0 Å². The minimum absolute atomic E-state index is 0.00228. The molecule has 3 aromatic carbocycles. The van der Waals surface area contributed by atoms with E-state index in [0.29, 0.717) is 16.9 Å². The van der Waals surface area contributed by atoms with E-state index in [1.807, 2.05) is 12.1 Å². The number of carbonyl (C=O) groups excluding carboxylic acids is 1. The summed E-state index contributed by atoms with van der Waals surface area (Å²) < 4.78 is 17.3. The molecule has 1 aliphatic heterocycles. The van der Waals surface area contributed by atoms with Gasteiger partial charge in [-0.05, 0) is 30.3 Å². The van der Waals surface area contributed by atoms with Crippen molar-refractivity contribution in [1.82, 2.24) is 0 Å². The molecule has 176 valence electrons. The van der Waals surface area contributed by atoms with E-state index in [1.165, 1.54) is 31.4 Å². The third-order valence-electron chi connectivity index (χ3n) is 5.28. The van der Waals surface area contributed by atoms with Gasteiger partial charge in [0.2, 0.25) is 5.88 Å². The molecule has 4 rings (SSSR count). The lowest BCUT2D eigenvalue weighted by Crippen LogP contribution is -2.21. The van der Waals surface area contributed by atoms with E-state index in [9.17, 15) is 20.2 Å². The molecule has 11 heteroatoms. The summed E-state index contributed by atoms with van der Waals surface area (Å²) in [6.45, 7) is 0. The van der Waals surface area contributed by atoms with Gasteiger partial charge in [0.1, 0.15) is 28.9 Å². The van der Waals surface area contributed by atoms with Gasteiger partial charge in [0.15, 0.2) is 0 Å². The summed E-state index contributed by atoms with van der Waals surface area (Å²) in [7, 11) is 1.52. The van der Waals surface area contributed by atoms with Crippen molar-refractivity contribution in [2.24, 2.45) is 5.73 Å². The van der Waals surface area contributed by atoms with Gasteiger partial charge in [0.25, 0.3) is 5.69 Å². The molecule has 2 N–H and O–H groups in total. The van der Waals surface area contributed by atoms with Crippen LogP contribution in [0, 0.1) is 21.4 Å². The second-order valence-electron chi connectivity index (χ2n) is 7.32. The largest absolute Gasteiger partial charge is 0.496 e. The molecule has 0 aliphatic carbocycles. The van der Waals surface area contributed by atoms with Gasteiger partial charge in [0.05, 0.1) is 28.5 Å². The highest BCUT2D eigenvalue weighted by Crippen LogP contribution is 2.46. The summed E-state index contributed by atoms with van der Waals surface area (Å²) in [6.07, 6.45) is 0. The minimum Gasteiger partial charge on any atom is -0.496 e. The molecule has 1 atom stereocenters. The molecule has 0 aromatic heterocycles. The molecule has 1 heterocycles. The van der Waals surface area contributed by atoms with E-state index in [4.69, 9.17) is 31.5 Å². The van der Waals surface area contributed by atoms with Crippen molar-refractivity contribution in [2.75, 3.05) is 7.11 Å². The van der Waals surface area contributed by atoms with Crippen molar-refractivity contribution < 1.29 is 23.9 Å². The average Bonchev–Trinajstić information content (AvgIpc) is 2.83. The average molecular weight is 557 g/mol. The molecule has 0 spiro atoms. The molecule has 3 aromatic rings. The second kappa shape index (κ2) is 9.66. The number of halogens is 2. The van der Waals surface area contributed by atoms with Gasteiger partial charge in [0, 0.05) is 33.8 Å². The van der Waals surface area contributed by atoms with Gasteiger partial charge >= 0.3 is 5.97 Å². The second-order valence-corrected chi connectivity index (χ2v) is 8.64. The lowest BCUT2D eigenvalue weighted by Gasteiger charge is -2.27. The van der Waals surface area contributed by atoms with E-state index in [1.54, 1.807) is 12.1 Å². The number of fused-ring (bicyclic) bond motifs is 1. The number of nitro benzene ring substituents is 1. The SMILES string of the molecule is COc1ccc(Br)cc1C1C(C#N)=C(N)Oc2cc(OC(=O)c3cc([N+](=O)[O-])ccc3Cl)ccc21. The number of nitrogens with two attached hydrogens (primary N) is 1. The van der Waals surface area contributed by atoms with Crippen molar-refractivity contribution in [3.8, 4) is 23.3 Å². The Bertz CT molecular complexity index is 1450. The molecule has 0 saturated carbocycles. The molecule has 0 fully saturated rings. The molecular formula is C24H15BrClN3O6. The van der Waals surface area contributed by atoms with Crippen LogP contribution in [0.5, 0.6) is 17.2 Å². The Morgan fingerprint density at radius 3 is 2.66 bits per heavy atom. The number of methoxy groups -OCH3 is 1. The highest BCUT2D eigenvalue weighted by atomic mass is 79.9. The Morgan fingerprint density at radius 1 is 1.20 bits per heavy atom. The van der Waals surface area contributed by atoms with Gasteiger partial charge in [-0.2, -0.15) is 5.26 Å². The number of benzene rings is 3. The quantitative estimate of drug-likeness (QED) is 0.189. The number of rotatable bonds is 5. The number of hydrogen-bond acceptors (Lipinski definition) is 8. The number of carbonyl (C=O) groups is 1. The van der Waals surface area contributed by atoms with Crippen molar-refractivity contribution in [3.63, 3.8) is 0 Å². The van der Waals surface area contributed by atoms with Gasteiger partial charge in [-0.3, -0.25) is 10.1 Å². The number of ether oxygens (including phenoxy) is 3. The Morgan fingerprint density at radius 2 is 1.97 bits per heavy atom.